The van der Waals surface area contributed by atoms with Crippen molar-refractivity contribution >= 4 is 0 Å². The Kier molecular flexibility index (Phi) is 5.26. The van der Waals surface area contributed by atoms with Crippen LogP contribution in [-0.2, 0) is 22.2 Å². The molecule has 33 heavy (non-hydrogen) atoms. The summed E-state index contributed by atoms with van der Waals surface area (Å²) in [7, 11) is 0. The van der Waals surface area contributed by atoms with Crippen LogP contribution in [0, 0.1) is 5.41 Å². The number of pyridine rings is 1. The minimum atomic E-state index is -0.495. The van der Waals surface area contributed by atoms with E-state index < -0.39 is 6.10 Å². The molecule has 5 rings (SSSR count). The van der Waals surface area contributed by atoms with Crippen molar-refractivity contribution in [1.29, 1.82) is 0 Å². The Balaban J connectivity index is 1.73. The maximum Gasteiger partial charge on any atom is 0.133 e. The summed E-state index contributed by atoms with van der Waals surface area (Å²) in [6.45, 7) is 15.3. The Morgan fingerprint density at radius 2 is 1.70 bits per heavy atom. The standard InChI is InChI=1S/C28H39N3O2/c1-16(2)23-21-22(20-18(31-23)12-27(6,7)13-19(20)32)28(10-8-9-11-28)33-24(21)17-14-29-25(30-15-17)26(3,4)5/h14-16,19,24,32H,8-13H2,1-7H3. The molecule has 0 aromatic carbocycles. The molecule has 0 bridgehead atoms. The Morgan fingerprint density at radius 3 is 2.27 bits per heavy atom. The Labute approximate surface area is 198 Å². The number of aliphatic hydroxyl groups excluding tert-OH is 1. The van der Waals surface area contributed by atoms with Gasteiger partial charge in [0.25, 0.3) is 0 Å². The van der Waals surface area contributed by atoms with Crippen LogP contribution in [0.4, 0.5) is 0 Å². The van der Waals surface area contributed by atoms with Gasteiger partial charge in [-0.1, -0.05) is 61.3 Å². The normalized spacial score (nSPS) is 25.5. The Hall–Kier alpha value is -1.85. The lowest BCUT2D eigenvalue weighted by Crippen LogP contribution is -2.32. The van der Waals surface area contributed by atoms with Crippen molar-refractivity contribution in [2.24, 2.45) is 5.41 Å². The zero-order valence-electron chi connectivity index (χ0n) is 21.3. The SMILES string of the molecule is CC(C)c1nc2c(c3c1C(c1cnc(C(C)(C)C)nc1)OC31CCCC1)C(O)CC(C)(C)C2. The number of ether oxygens (including phenoxy) is 1. The van der Waals surface area contributed by atoms with Crippen LogP contribution in [0.2, 0.25) is 0 Å². The average molecular weight is 450 g/mol. The van der Waals surface area contributed by atoms with Crippen LogP contribution in [0.5, 0.6) is 0 Å². The van der Waals surface area contributed by atoms with E-state index in [1.165, 1.54) is 11.1 Å². The molecule has 2 aromatic rings. The predicted molar refractivity (Wildman–Crippen MR) is 129 cm³/mol. The largest absolute Gasteiger partial charge is 0.388 e. The van der Waals surface area contributed by atoms with Crippen LogP contribution in [0.15, 0.2) is 12.4 Å². The first-order valence-electron chi connectivity index (χ1n) is 12.7. The first kappa shape index (κ1) is 22.9. The monoisotopic (exact) mass is 449 g/mol. The van der Waals surface area contributed by atoms with Crippen LogP contribution in [0.3, 0.4) is 0 Å². The summed E-state index contributed by atoms with van der Waals surface area (Å²) in [5.41, 5.74) is 6.28. The number of hydrogen-bond acceptors (Lipinski definition) is 5. The van der Waals surface area contributed by atoms with Gasteiger partial charge in [0.1, 0.15) is 11.9 Å². The molecule has 1 aliphatic heterocycles. The fourth-order valence-corrected chi connectivity index (χ4v) is 6.28. The minimum Gasteiger partial charge on any atom is -0.388 e. The van der Waals surface area contributed by atoms with E-state index in [0.29, 0.717) is 0 Å². The molecule has 5 heteroatoms. The smallest absolute Gasteiger partial charge is 0.133 e. The summed E-state index contributed by atoms with van der Waals surface area (Å²) in [4.78, 5) is 14.7. The molecule has 3 heterocycles. The van der Waals surface area contributed by atoms with Crippen molar-refractivity contribution in [2.45, 2.75) is 116 Å². The number of fused-ring (bicyclic) bond motifs is 4. The number of rotatable bonds is 2. The van der Waals surface area contributed by atoms with E-state index in [2.05, 4.69) is 48.5 Å². The van der Waals surface area contributed by atoms with Crippen molar-refractivity contribution in [3.05, 3.63) is 51.9 Å². The van der Waals surface area contributed by atoms with E-state index >= 15 is 0 Å². The van der Waals surface area contributed by atoms with E-state index in [0.717, 1.165) is 66.9 Å². The number of hydrogen-bond donors (Lipinski definition) is 1. The second kappa shape index (κ2) is 7.58. The van der Waals surface area contributed by atoms with Crippen molar-refractivity contribution in [1.82, 2.24) is 15.0 Å². The van der Waals surface area contributed by atoms with Gasteiger partial charge in [-0.05, 0) is 42.6 Å². The summed E-state index contributed by atoms with van der Waals surface area (Å²) in [6.07, 6.45) is 9.13. The van der Waals surface area contributed by atoms with Gasteiger partial charge < -0.3 is 9.84 Å². The topological polar surface area (TPSA) is 68.1 Å². The molecule has 2 atom stereocenters. The molecule has 3 aliphatic rings. The van der Waals surface area contributed by atoms with Gasteiger partial charge in [-0.2, -0.15) is 0 Å². The van der Waals surface area contributed by atoms with Gasteiger partial charge in [0.2, 0.25) is 0 Å². The molecular formula is C28H39N3O2. The lowest BCUT2D eigenvalue weighted by Gasteiger charge is -2.38. The molecule has 1 saturated carbocycles. The summed E-state index contributed by atoms with van der Waals surface area (Å²) in [5, 5.41) is 11.4. The minimum absolute atomic E-state index is 0.0419. The third-order valence-electron chi connectivity index (χ3n) is 7.77. The van der Waals surface area contributed by atoms with Crippen molar-refractivity contribution in [3.63, 3.8) is 0 Å². The molecule has 0 amide bonds. The van der Waals surface area contributed by atoms with Crippen LogP contribution in [-0.4, -0.2) is 20.1 Å². The average Bonchev–Trinajstić information content (AvgIpc) is 3.31. The summed E-state index contributed by atoms with van der Waals surface area (Å²) in [5.74, 6) is 1.11. The lowest BCUT2D eigenvalue weighted by molar-refractivity contribution is -0.0583. The van der Waals surface area contributed by atoms with Gasteiger partial charge in [-0.15, -0.1) is 0 Å². The third kappa shape index (κ3) is 3.72. The van der Waals surface area contributed by atoms with E-state index in [4.69, 9.17) is 19.7 Å². The van der Waals surface area contributed by atoms with Crippen LogP contribution in [0.25, 0.3) is 0 Å². The van der Waals surface area contributed by atoms with Crippen LogP contribution < -0.4 is 0 Å². The first-order valence-corrected chi connectivity index (χ1v) is 12.7. The fraction of sp³-hybridized carbons (Fsp3) is 0.679. The fourth-order valence-electron chi connectivity index (χ4n) is 6.28. The molecule has 1 spiro atoms. The zero-order valence-corrected chi connectivity index (χ0v) is 21.3. The Bertz CT molecular complexity index is 1060. The maximum absolute atomic E-state index is 11.4. The summed E-state index contributed by atoms with van der Waals surface area (Å²) >= 11 is 0. The van der Waals surface area contributed by atoms with Gasteiger partial charge in [0.15, 0.2) is 0 Å². The van der Waals surface area contributed by atoms with Crippen LogP contribution in [0.1, 0.15) is 138 Å². The van der Waals surface area contributed by atoms with Gasteiger partial charge >= 0.3 is 0 Å². The third-order valence-corrected chi connectivity index (χ3v) is 7.77. The lowest BCUT2D eigenvalue weighted by atomic mass is 9.70. The van der Waals surface area contributed by atoms with E-state index in [-0.39, 0.29) is 28.5 Å². The van der Waals surface area contributed by atoms with E-state index in [1.807, 2.05) is 12.4 Å². The first-order chi connectivity index (χ1) is 15.4. The molecule has 5 nitrogen and oxygen atoms in total. The van der Waals surface area contributed by atoms with Crippen LogP contribution >= 0.6 is 0 Å². The number of nitrogens with zero attached hydrogens (tertiary/aromatic N) is 3. The van der Waals surface area contributed by atoms with Crippen molar-refractivity contribution < 1.29 is 9.84 Å². The molecule has 2 aliphatic carbocycles. The van der Waals surface area contributed by atoms with E-state index in [1.54, 1.807) is 0 Å². The van der Waals surface area contributed by atoms with Gasteiger partial charge in [-0.3, -0.25) is 4.98 Å². The predicted octanol–water partition coefficient (Wildman–Crippen LogP) is 6.19. The zero-order chi connectivity index (χ0) is 23.8. The second-order valence-corrected chi connectivity index (χ2v) is 12.7. The van der Waals surface area contributed by atoms with Crippen molar-refractivity contribution in [3.8, 4) is 0 Å². The molecule has 1 N–H and O–H groups in total. The highest BCUT2D eigenvalue weighted by molar-refractivity contribution is 5.54. The highest BCUT2D eigenvalue weighted by Gasteiger charge is 2.52. The molecule has 2 aromatic heterocycles. The van der Waals surface area contributed by atoms with E-state index in [9.17, 15) is 5.11 Å². The summed E-state index contributed by atoms with van der Waals surface area (Å²) in [6, 6.07) is 0. The molecule has 2 unspecified atom stereocenters. The molecule has 178 valence electrons. The second-order valence-electron chi connectivity index (χ2n) is 12.7. The summed E-state index contributed by atoms with van der Waals surface area (Å²) < 4.78 is 7.02. The quantitative estimate of drug-likeness (QED) is 0.592. The van der Waals surface area contributed by atoms with Gasteiger partial charge in [-0.25, -0.2) is 9.97 Å². The highest BCUT2D eigenvalue weighted by Crippen LogP contribution is 2.59. The maximum atomic E-state index is 11.4. The Morgan fingerprint density at radius 1 is 1.06 bits per heavy atom. The molecular weight excluding hydrogens is 410 g/mol. The molecule has 1 fully saturated rings. The van der Waals surface area contributed by atoms with Crippen molar-refractivity contribution in [2.75, 3.05) is 0 Å². The van der Waals surface area contributed by atoms with Gasteiger partial charge in [0.05, 0.1) is 11.7 Å². The number of aliphatic hydroxyl groups is 1. The highest BCUT2D eigenvalue weighted by atomic mass is 16.5. The van der Waals surface area contributed by atoms with Gasteiger partial charge in [0, 0.05) is 45.9 Å². The number of aromatic nitrogens is 3. The molecule has 0 radical (unpaired) electrons. The molecule has 0 saturated heterocycles.